The van der Waals surface area contributed by atoms with Gasteiger partial charge in [0.15, 0.2) is 0 Å². The Morgan fingerprint density at radius 1 is 1.48 bits per heavy atom. The van der Waals surface area contributed by atoms with Gasteiger partial charge in [0.05, 0.1) is 10.9 Å². The van der Waals surface area contributed by atoms with Crippen LogP contribution in [0.25, 0.3) is 0 Å². The summed E-state index contributed by atoms with van der Waals surface area (Å²) >= 11 is 1.52. The second-order valence-corrected chi connectivity index (χ2v) is 6.64. The Bertz CT molecular complexity index is 581. The number of carbonyl (C=O) groups is 2. The highest BCUT2D eigenvalue weighted by Gasteiger charge is 2.27. The monoisotopic (exact) mass is 327 g/mol. The van der Waals surface area contributed by atoms with Crippen LogP contribution in [0.3, 0.4) is 0 Å². The minimum Gasteiger partial charge on any atom is -0.337 e. The van der Waals surface area contributed by atoms with E-state index in [4.69, 9.17) is 5.73 Å². The number of fused-ring (bicyclic) bond motifs is 1. The summed E-state index contributed by atoms with van der Waals surface area (Å²) in [6, 6.07) is 5.56. The lowest BCUT2D eigenvalue weighted by atomic mass is 10.1. The number of nitrogens with zero attached hydrogens (tertiary/aromatic N) is 1. The van der Waals surface area contributed by atoms with Gasteiger partial charge in [-0.25, -0.2) is 0 Å². The zero-order valence-electron chi connectivity index (χ0n) is 11.7. The molecule has 1 saturated heterocycles. The van der Waals surface area contributed by atoms with Crippen LogP contribution < -0.4 is 11.1 Å². The van der Waals surface area contributed by atoms with Gasteiger partial charge in [-0.1, -0.05) is 0 Å². The van der Waals surface area contributed by atoms with Crippen LogP contribution in [0.2, 0.25) is 0 Å². The lowest BCUT2D eigenvalue weighted by Gasteiger charge is -2.22. The molecular formula is C14H18ClN3O2S. The molecule has 1 aromatic rings. The fourth-order valence-corrected chi connectivity index (χ4v) is 3.43. The number of rotatable bonds is 1. The minimum atomic E-state index is -0.0966. The van der Waals surface area contributed by atoms with Gasteiger partial charge in [0.1, 0.15) is 0 Å². The van der Waals surface area contributed by atoms with E-state index in [1.165, 1.54) is 11.8 Å². The van der Waals surface area contributed by atoms with Crippen molar-refractivity contribution in [2.24, 2.45) is 5.73 Å². The minimum absolute atomic E-state index is 0. The molecule has 2 atom stereocenters. The molecule has 0 spiro atoms. The number of thioether (sulfide) groups is 1. The Kier molecular flexibility index (Phi) is 4.81. The zero-order chi connectivity index (χ0) is 14.3. The molecule has 3 rings (SSSR count). The number of nitrogens with one attached hydrogen (secondary N) is 1. The van der Waals surface area contributed by atoms with Crippen molar-refractivity contribution < 1.29 is 9.59 Å². The highest BCUT2D eigenvalue weighted by atomic mass is 35.5. The molecule has 0 saturated carbocycles. The van der Waals surface area contributed by atoms with E-state index in [1.807, 2.05) is 19.1 Å². The lowest BCUT2D eigenvalue weighted by Crippen LogP contribution is -2.32. The third-order valence-corrected chi connectivity index (χ3v) is 4.85. The van der Waals surface area contributed by atoms with Crippen molar-refractivity contribution in [3.63, 3.8) is 0 Å². The van der Waals surface area contributed by atoms with Crippen LogP contribution in [0.4, 0.5) is 5.69 Å². The van der Waals surface area contributed by atoms with Crippen LogP contribution in [0.1, 0.15) is 23.7 Å². The molecule has 5 nitrogen and oxygen atoms in total. The molecule has 1 aromatic carbocycles. The van der Waals surface area contributed by atoms with Crippen LogP contribution in [0.15, 0.2) is 23.1 Å². The molecule has 7 heteroatoms. The standard InChI is InChI=1S/C14H17N3O2S.ClH/c1-8-13(18)16-11-6-9(2-3-12(11)20-8)14(19)17-5-4-10(15)7-17;/h2-3,6,8,10H,4-5,7,15H2,1H3,(H,16,18);1H/t8?,10-;/m1./s1. The Morgan fingerprint density at radius 2 is 2.24 bits per heavy atom. The Balaban J connectivity index is 0.00000161. The van der Waals surface area contributed by atoms with Crippen LogP contribution in [-0.2, 0) is 4.79 Å². The number of likely N-dealkylation sites (tertiary alicyclic amines) is 1. The third kappa shape index (κ3) is 3.17. The first kappa shape index (κ1) is 16.1. The van der Waals surface area contributed by atoms with Gasteiger partial charge in [-0.15, -0.1) is 24.2 Å². The number of amides is 2. The molecule has 1 fully saturated rings. The summed E-state index contributed by atoms with van der Waals surface area (Å²) in [6.45, 7) is 3.18. The fraction of sp³-hybridized carbons (Fsp3) is 0.429. The largest absolute Gasteiger partial charge is 0.337 e. The maximum Gasteiger partial charge on any atom is 0.253 e. The number of carbonyl (C=O) groups excluding carboxylic acids is 2. The van der Waals surface area contributed by atoms with E-state index < -0.39 is 0 Å². The number of anilines is 1. The molecule has 2 aliphatic rings. The topological polar surface area (TPSA) is 75.4 Å². The van der Waals surface area contributed by atoms with E-state index in [0.29, 0.717) is 18.7 Å². The highest BCUT2D eigenvalue weighted by Crippen LogP contribution is 2.36. The van der Waals surface area contributed by atoms with Crippen molar-refractivity contribution in [3.05, 3.63) is 23.8 Å². The summed E-state index contributed by atoms with van der Waals surface area (Å²) in [7, 11) is 0. The quantitative estimate of drug-likeness (QED) is 0.823. The number of nitrogens with two attached hydrogens (primary N) is 1. The molecule has 0 bridgehead atoms. The molecular weight excluding hydrogens is 310 g/mol. The normalized spacial score (nSPS) is 24.1. The molecule has 2 amide bonds. The number of hydrogen-bond donors (Lipinski definition) is 2. The van der Waals surface area contributed by atoms with E-state index in [0.717, 1.165) is 17.0 Å². The van der Waals surface area contributed by atoms with Crippen LogP contribution in [0.5, 0.6) is 0 Å². The Morgan fingerprint density at radius 3 is 2.90 bits per heavy atom. The maximum atomic E-state index is 12.4. The molecule has 21 heavy (non-hydrogen) atoms. The second-order valence-electron chi connectivity index (χ2n) is 5.26. The van der Waals surface area contributed by atoms with Crippen molar-refractivity contribution in [1.29, 1.82) is 0 Å². The number of halogens is 1. The van der Waals surface area contributed by atoms with E-state index in [9.17, 15) is 9.59 Å². The van der Waals surface area contributed by atoms with Gasteiger partial charge in [0, 0.05) is 29.6 Å². The van der Waals surface area contributed by atoms with Crippen molar-refractivity contribution in [3.8, 4) is 0 Å². The smallest absolute Gasteiger partial charge is 0.253 e. The SMILES string of the molecule is CC1Sc2ccc(C(=O)N3CC[C@@H](N)C3)cc2NC1=O.Cl. The van der Waals surface area contributed by atoms with Crippen LogP contribution in [0, 0.1) is 0 Å². The molecule has 1 unspecified atom stereocenters. The average molecular weight is 328 g/mol. The second kappa shape index (κ2) is 6.25. The van der Waals surface area contributed by atoms with Crippen molar-refractivity contribution in [1.82, 2.24) is 4.90 Å². The van der Waals surface area contributed by atoms with Crippen LogP contribution >= 0.6 is 24.2 Å². The highest BCUT2D eigenvalue weighted by molar-refractivity contribution is 8.00. The maximum absolute atomic E-state index is 12.4. The van der Waals surface area contributed by atoms with E-state index in [2.05, 4.69) is 5.32 Å². The van der Waals surface area contributed by atoms with Crippen molar-refractivity contribution in [2.45, 2.75) is 29.5 Å². The van der Waals surface area contributed by atoms with Crippen molar-refractivity contribution >= 4 is 41.7 Å². The number of hydrogen-bond acceptors (Lipinski definition) is 4. The van der Waals surface area contributed by atoms with E-state index in [1.54, 1.807) is 11.0 Å². The average Bonchev–Trinajstić information content (AvgIpc) is 2.85. The number of benzene rings is 1. The van der Waals surface area contributed by atoms with Gasteiger partial charge in [-0.2, -0.15) is 0 Å². The summed E-state index contributed by atoms with van der Waals surface area (Å²) in [5.41, 5.74) is 7.17. The molecule has 2 aliphatic heterocycles. The molecule has 0 aliphatic carbocycles. The Labute approximate surface area is 134 Å². The Hall–Kier alpha value is -1.24. The first-order chi connectivity index (χ1) is 9.54. The fourth-order valence-electron chi connectivity index (χ4n) is 2.50. The molecule has 0 radical (unpaired) electrons. The van der Waals surface area contributed by atoms with Gasteiger partial charge in [-0.3, -0.25) is 9.59 Å². The summed E-state index contributed by atoms with van der Waals surface area (Å²) < 4.78 is 0. The van der Waals surface area contributed by atoms with Gasteiger partial charge in [0.2, 0.25) is 5.91 Å². The lowest BCUT2D eigenvalue weighted by molar-refractivity contribution is -0.115. The van der Waals surface area contributed by atoms with E-state index in [-0.39, 0.29) is 35.5 Å². The summed E-state index contributed by atoms with van der Waals surface area (Å²) in [5.74, 6) is -0.0334. The summed E-state index contributed by atoms with van der Waals surface area (Å²) in [6.07, 6.45) is 0.848. The summed E-state index contributed by atoms with van der Waals surface area (Å²) in [4.78, 5) is 26.8. The molecule has 2 heterocycles. The van der Waals surface area contributed by atoms with Crippen LogP contribution in [-0.4, -0.2) is 41.1 Å². The van der Waals surface area contributed by atoms with Crippen molar-refractivity contribution in [2.75, 3.05) is 18.4 Å². The summed E-state index contributed by atoms with van der Waals surface area (Å²) in [5, 5.41) is 2.75. The predicted molar refractivity (Wildman–Crippen MR) is 86.1 cm³/mol. The third-order valence-electron chi connectivity index (χ3n) is 3.67. The first-order valence-electron chi connectivity index (χ1n) is 6.71. The van der Waals surface area contributed by atoms with Gasteiger partial charge < -0.3 is 16.0 Å². The van der Waals surface area contributed by atoms with E-state index >= 15 is 0 Å². The molecule has 3 N–H and O–H groups in total. The van der Waals surface area contributed by atoms with Gasteiger partial charge in [0.25, 0.3) is 5.91 Å². The molecule has 114 valence electrons. The predicted octanol–water partition coefficient (Wildman–Crippen LogP) is 1.71. The van der Waals surface area contributed by atoms with Gasteiger partial charge in [-0.05, 0) is 31.5 Å². The first-order valence-corrected chi connectivity index (χ1v) is 7.59. The van der Waals surface area contributed by atoms with Gasteiger partial charge >= 0.3 is 0 Å². The zero-order valence-corrected chi connectivity index (χ0v) is 13.3. The molecule has 0 aromatic heterocycles.